The van der Waals surface area contributed by atoms with E-state index in [0.29, 0.717) is 0 Å². The average Bonchev–Trinajstić information content (AvgIpc) is 2.16. The van der Waals surface area contributed by atoms with Crippen molar-refractivity contribution >= 4 is 0 Å². The largest absolute Gasteiger partial charge is 0.323 e. The molecule has 0 radical (unpaired) electrons. The molecule has 0 aliphatic carbocycles. The summed E-state index contributed by atoms with van der Waals surface area (Å²) >= 11 is 0. The molecular formula is C10H12N2. The van der Waals surface area contributed by atoms with Gasteiger partial charge in [-0.25, -0.2) is 0 Å². The van der Waals surface area contributed by atoms with Crippen molar-refractivity contribution in [2.75, 3.05) is 0 Å². The van der Waals surface area contributed by atoms with Crippen LogP contribution in [0.1, 0.15) is 30.6 Å². The highest BCUT2D eigenvalue weighted by Gasteiger charge is 2.07. The minimum atomic E-state index is -0.0442. The Bertz CT molecular complexity index is 299. The van der Waals surface area contributed by atoms with Crippen LogP contribution < -0.4 is 5.73 Å². The number of aromatic nitrogens is 1. The van der Waals surface area contributed by atoms with Crippen molar-refractivity contribution < 1.29 is 0 Å². The minimum Gasteiger partial charge on any atom is -0.323 e. The molecule has 0 bridgehead atoms. The molecule has 0 amide bonds. The van der Waals surface area contributed by atoms with Gasteiger partial charge in [-0.15, -0.1) is 6.42 Å². The van der Waals surface area contributed by atoms with Crippen LogP contribution in [-0.4, -0.2) is 4.98 Å². The van der Waals surface area contributed by atoms with Crippen LogP contribution >= 0.6 is 0 Å². The van der Waals surface area contributed by atoms with E-state index in [9.17, 15) is 0 Å². The second kappa shape index (κ2) is 3.89. The van der Waals surface area contributed by atoms with Crippen molar-refractivity contribution in [2.24, 2.45) is 5.73 Å². The molecule has 0 fully saturated rings. The summed E-state index contributed by atoms with van der Waals surface area (Å²) in [6.45, 7) is 2.01. The first-order chi connectivity index (χ1) is 5.79. The van der Waals surface area contributed by atoms with Crippen molar-refractivity contribution in [1.82, 2.24) is 4.98 Å². The summed E-state index contributed by atoms with van der Waals surface area (Å²) in [6, 6.07) is 3.64. The van der Waals surface area contributed by atoms with E-state index in [-0.39, 0.29) is 6.04 Å². The van der Waals surface area contributed by atoms with Gasteiger partial charge in [-0.3, -0.25) is 4.98 Å². The van der Waals surface area contributed by atoms with E-state index in [2.05, 4.69) is 10.9 Å². The molecule has 1 heterocycles. The summed E-state index contributed by atoms with van der Waals surface area (Å²) in [7, 11) is 0. The quantitative estimate of drug-likeness (QED) is 0.665. The first-order valence-corrected chi connectivity index (χ1v) is 3.96. The number of terminal acetylenes is 1. The summed E-state index contributed by atoms with van der Waals surface area (Å²) in [6.07, 6.45) is 7.86. The van der Waals surface area contributed by atoms with Crippen molar-refractivity contribution in [3.05, 3.63) is 29.6 Å². The van der Waals surface area contributed by atoms with Gasteiger partial charge in [0, 0.05) is 17.8 Å². The van der Waals surface area contributed by atoms with Gasteiger partial charge >= 0.3 is 0 Å². The standard InChI is InChI=1S/C10H12N2/c1-3-8-6-5-7-12-10(8)9(11)4-2/h1,5-7,9H,4,11H2,2H3. The molecule has 1 aromatic rings. The predicted octanol–water partition coefficient (Wildman–Crippen LogP) is 1.47. The highest BCUT2D eigenvalue weighted by Crippen LogP contribution is 2.14. The van der Waals surface area contributed by atoms with Crippen LogP contribution in [0.5, 0.6) is 0 Å². The monoisotopic (exact) mass is 160 g/mol. The van der Waals surface area contributed by atoms with Crippen LogP contribution in [0.25, 0.3) is 0 Å². The third-order valence-electron chi connectivity index (χ3n) is 1.79. The molecule has 0 saturated heterocycles. The number of pyridine rings is 1. The Morgan fingerprint density at radius 2 is 2.50 bits per heavy atom. The Labute approximate surface area is 72.8 Å². The molecule has 2 nitrogen and oxygen atoms in total. The second-order valence-corrected chi connectivity index (χ2v) is 2.60. The maximum absolute atomic E-state index is 5.81. The topological polar surface area (TPSA) is 38.9 Å². The fourth-order valence-electron chi connectivity index (χ4n) is 1.03. The van der Waals surface area contributed by atoms with Gasteiger partial charge in [-0.2, -0.15) is 0 Å². The molecule has 12 heavy (non-hydrogen) atoms. The lowest BCUT2D eigenvalue weighted by Crippen LogP contribution is -2.12. The molecule has 0 saturated carbocycles. The summed E-state index contributed by atoms with van der Waals surface area (Å²) in [5.41, 5.74) is 7.43. The van der Waals surface area contributed by atoms with Crippen LogP contribution in [0.15, 0.2) is 18.3 Å². The summed E-state index contributed by atoms with van der Waals surface area (Å²) in [4.78, 5) is 4.15. The molecule has 2 N–H and O–H groups in total. The molecule has 0 aromatic carbocycles. The highest BCUT2D eigenvalue weighted by atomic mass is 14.8. The van der Waals surface area contributed by atoms with Crippen LogP contribution in [-0.2, 0) is 0 Å². The number of nitrogens with two attached hydrogens (primary N) is 1. The van der Waals surface area contributed by atoms with Crippen LogP contribution in [0.4, 0.5) is 0 Å². The zero-order valence-corrected chi connectivity index (χ0v) is 7.12. The van der Waals surface area contributed by atoms with Crippen LogP contribution in [0.3, 0.4) is 0 Å². The SMILES string of the molecule is C#Cc1cccnc1C(N)CC. The third kappa shape index (κ3) is 1.63. The van der Waals surface area contributed by atoms with Gasteiger partial charge in [-0.05, 0) is 18.6 Å². The summed E-state index contributed by atoms with van der Waals surface area (Å²) < 4.78 is 0. The van der Waals surface area contributed by atoms with Gasteiger partial charge in [0.15, 0.2) is 0 Å². The van der Waals surface area contributed by atoms with Crippen molar-refractivity contribution in [1.29, 1.82) is 0 Å². The zero-order chi connectivity index (χ0) is 8.97. The number of rotatable bonds is 2. The van der Waals surface area contributed by atoms with Gasteiger partial charge in [-0.1, -0.05) is 12.8 Å². The normalized spacial score (nSPS) is 12.1. The van der Waals surface area contributed by atoms with Gasteiger partial charge in [0.2, 0.25) is 0 Å². The Morgan fingerprint density at radius 3 is 3.08 bits per heavy atom. The van der Waals surface area contributed by atoms with Crippen LogP contribution in [0, 0.1) is 12.3 Å². The van der Waals surface area contributed by atoms with Crippen molar-refractivity contribution in [2.45, 2.75) is 19.4 Å². The maximum atomic E-state index is 5.81. The molecule has 1 rings (SSSR count). The molecule has 0 aliphatic heterocycles. The molecule has 1 aromatic heterocycles. The van der Waals surface area contributed by atoms with E-state index < -0.39 is 0 Å². The van der Waals surface area contributed by atoms with Gasteiger partial charge in [0.25, 0.3) is 0 Å². The molecule has 0 aliphatic rings. The predicted molar refractivity (Wildman–Crippen MR) is 49.4 cm³/mol. The third-order valence-corrected chi connectivity index (χ3v) is 1.79. The van der Waals surface area contributed by atoms with E-state index in [1.807, 2.05) is 19.1 Å². The smallest absolute Gasteiger partial charge is 0.0726 e. The van der Waals surface area contributed by atoms with Gasteiger partial charge < -0.3 is 5.73 Å². The summed E-state index contributed by atoms with van der Waals surface area (Å²) in [5.74, 6) is 2.57. The lowest BCUT2D eigenvalue weighted by Gasteiger charge is -2.09. The Kier molecular flexibility index (Phi) is 2.84. The Hall–Kier alpha value is -1.33. The van der Waals surface area contributed by atoms with Gasteiger partial charge in [0.05, 0.1) is 5.69 Å². The Balaban J connectivity index is 3.07. The maximum Gasteiger partial charge on any atom is 0.0726 e. The van der Waals surface area contributed by atoms with Gasteiger partial charge in [0.1, 0.15) is 0 Å². The van der Waals surface area contributed by atoms with E-state index in [1.54, 1.807) is 6.20 Å². The molecule has 1 atom stereocenters. The fourth-order valence-corrected chi connectivity index (χ4v) is 1.03. The minimum absolute atomic E-state index is 0.0442. The highest BCUT2D eigenvalue weighted by molar-refractivity contribution is 5.36. The number of hydrogen-bond donors (Lipinski definition) is 1. The van der Waals surface area contributed by atoms with Crippen LogP contribution in [0.2, 0.25) is 0 Å². The fraction of sp³-hybridized carbons (Fsp3) is 0.300. The first kappa shape index (κ1) is 8.76. The number of nitrogens with zero attached hydrogens (tertiary/aromatic N) is 1. The van der Waals surface area contributed by atoms with E-state index in [0.717, 1.165) is 17.7 Å². The lowest BCUT2D eigenvalue weighted by molar-refractivity contribution is 0.673. The molecule has 0 spiro atoms. The first-order valence-electron chi connectivity index (χ1n) is 3.96. The van der Waals surface area contributed by atoms with E-state index in [4.69, 9.17) is 12.2 Å². The average molecular weight is 160 g/mol. The second-order valence-electron chi connectivity index (χ2n) is 2.60. The molecule has 2 heteroatoms. The molecule has 1 unspecified atom stereocenters. The van der Waals surface area contributed by atoms with E-state index >= 15 is 0 Å². The molecular weight excluding hydrogens is 148 g/mol. The Morgan fingerprint density at radius 1 is 1.75 bits per heavy atom. The number of hydrogen-bond acceptors (Lipinski definition) is 2. The lowest BCUT2D eigenvalue weighted by atomic mass is 10.1. The van der Waals surface area contributed by atoms with Crippen molar-refractivity contribution in [3.63, 3.8) is 0 Å². The molecule has 62 valence electrons. The van der Waals surface area contributed by atoms with Crippen molar-refractivity contribution in [3.8, 4) is 12.3 Å². The summed E-state index contributed by atoms with van der Waals surface area (Å²) in [5, 5.41) is 0. The van der Waals surface area contributed by atoms with E-state index in [1.165, 1.54) is 0 Å². The zero-order valence-electron chi connectivity index (χ0n) is 7.12.